The largest absolute Gasteiger partial charge is 0.462 e. The van der Waals surface area contributed by atoms with E-state index in [1.54, 1.807) is 30.3 Å². The minimum atomic E-state index is -4.62. The zero-order valence-corrected chi connectivity index (χ0v) is 42.8. The number of nitrogens with zero attached hydrogens (tertiary/aromatic N) is 1. The summed E-state index contributed by atoms with van der Waals surface area (Å²) in [6, 6.07) is 9.57. The Balaban J connectivity index is 0.000000331. The molecule has 3 N–H and O–H groups in total. The predicted molar refractivity (Wildman–Crippen MR) is 274 cm³/mol. The first kappa shape index (κ1) is 55.2. The van der Waals surface area contributed by atoms with Gasteiger partial charge in [0, 0.05) is 18.0 Å². The van der Waals surface area contributed by atoms with Crippen molar-refractivity contribution in [3.63, 3.8) is 0 Å². The molecule has 2 aliphatic carbocycles. The molecule has 7 atom stereocenters. The molecule has 5 rings (SSSR count). The second-order valence-corrected chi connectivity index (χ2v) is 21.6. The Hall–Kier alpha value is -4.42. The zero-order valence-electron chi connectivity index (χ0n) is 42.0. The highest BCUT2D eigenvalue weighted by Gasteiger charge is 2.41. The quantitative estimate of drug-likeness (QED) is 0.0641. The van der Waals surface area contributed by atoms with Crippen molar-refractivity contribution < 1.29 is 36.9 Å². The van der Waals surface area contributed by atoms with Gasteiger partial charge in [-0.1, -0.05) is 183 Å². The number of piperidine rings is 1. The van der Waals surface area contributed by atoms with Crippen LogP contribution in [-0.4, -0.2) is 78.1 Å². The summed E-state index contributed by atoms with van der Waals surface area (Å²) in [5, 5.41) is 20.2. The van der Waals surface area contributed by atoms with E-state index in [4.69, 9.17) is 9.29 Å². The summed E-state index contributed by atoms with van der Waals surface area (Å²) < 4.78 is 40.7. The van der Waals surface area contributed by atoms with Crippen LogP contribution in [0.15, 0.2) is 160 Å². The number of carbonyl (C=O) groups excluding carboxylic acids is 1. The number of allylic oxidation sites excluding steroid dienone is 20. The molecule has 0 spiro atoms. The van der Waals surface area contributed by atoms with Gasteiger partial charge >= 0.3 is 16.4 Å². The summed E-state index contributed by atoms with van der Waals surface area (Å²) >= 11 is 0. The van der Waals surface area contributed by atoms with Gasteiger partial charge < -0.3 is 19.8 Å². The third-order valence-corrected chi connectivity index (χ3v) is 14.0. The maximum atomic E-state index is 12.7. The average molecular weight is 938 g/mol. The number of ether oxygens (including phenoxy) is 1. The maximum absolute atomic E-state index is 12.7. The summed E-state index contributed by atoms with van der Waals surface area (Å²) in [6.45, 7) is 21.1. The standard InChI is InChI=1S/C40H56O2.C17H23NO6S/c1-29(17-13-19-31(3)21-23-37-33(5)25-35(41)27-39(37,7)8)15-11-12-16-30(2)18-14-20-32(4)22-24-38-34(6)26-36(42)28-40(38,9)10;1-18-13-7-8-14(18)10-15(9-13)24-17(19)16(11-23-25(20,21)22)12-5-3-2-4-6-12/h11-25,35-37,41-42H,26-28H2,1-10H3;2-6,13-16H,7-11H2,1H3,(H,20,21,22)/b12-11+,17-13+,18-14+,23-21+,24-22+,29-15+,30-16+,31-19+,32-20+;/t35-,36+,37-;13-,14+,15?,16?/m0./s1. The smallest absolute Gasteiger partial charge is 0.397 e. The number of aliphatic hydroxyl groups excluding tert-OH is 2. The van der Waals surface area contributed by atoms with Gasteiger partial charge in [0.15, 0.2) is 0 Å². The highest BCUT2D eigenvalue weighted by Crippen LogP contribution is 2.43. The predicted octanol–water partition coefficient (Wildman–Crippen LogP) is 12.2. The Bertz CT molecular complexity index is 2290. The summed E-state index contributed by atoms with van der Waals surface area (Å²) in [5.74, 6) is -1.08. The molecule has 2 bridgehead atoms. The van der Waals surface area contributed by atoms with Gasteiger partial charge in [-0.05, 0) is 116 Å². The summed E-state index contributed by atoms with van der Waals surface area (Å²) in [7, 11) is -2.52. The number of esters is 1. The second-order valence-electron chi connectivity index (χ2n) is 20.5. The second kappa shape index (κ2) is 25.3. The molecule has 2 heterocycles. The first-order valence-electron chi connectivity index (χ1n) is 23.9. The van der Waals surface area contributed by atoms with Gasteiger partial charge in [-0.25, -0.2) is 4.18 Å². The highest BCUT2D eigenvalue weighted by molar-refractivity contribution is 7.80. The fraction of sp³-hybridized carbons (Fsp3) is 0.491. The monoisotopic (exact) mass is 938 g/mol. The molecule has 10 heteroatoms. The number of rotatable bonds is 16. The highest BCUT2D eigenvalue weighted by atomic mass is 32.3. The van der Waals surface area contributed by atoms with Gasteiger partial charge in [-0.15, -0.1) is 0 Å². The fourth-order valence-electron chi connectivity index (χ4n) is 9.99. The number of carbonyl (C=O) groups is 1. The molecule has 1 aromatic carbocycles. The molecule has 2 unspecified atom stereocenters. The van der Waals surface area contributed by atoms with Crippen LogP contribution in [0.25, 0.3) is 0 Å². The summed E-state index contributed by atoms with van der Waals surface area (Å²) in [4.78, 5) is 15.0. The van der Waals surface area contributed by atoms with Crippen LogP contribution < -0.4 is 0 Å². The van der Waals surface area contributed by atoms with Crippen molar-refractivity contribution in [2.45, 2.75) is 150 Å². The normalized spacial score (nSPS) is 27.0. The Kier molecular flexibility index (Phi) is 20.8. The van der Waals surface area contributed by atoms with E-state index in [1.807, 2.05) is 6.08 Å². The van der Waals surface area contributed by atoms with Crippen LogP contribution in [0.2, 0.25) is 0 Å². The fourth-order valence-corrected chi connectivity index (χ4v) is 10.3. The lowest BCUT2D eigenvalue weighted by molar-refractivity contribution is -0.155. The lowest BCUT2D eigenvalue weighted by atomic mass is 9.67. The van der Waals surface area contributed by atoms with Crippen molar-refractivity contribution in [3.8, 4) is 0 Å². The molecule has 0 amide bonds. The molecule has 1 aromatic rings. The van der Waals surface area contributed by atoms with Gasteiger partial charge in [-0.3, -0.25) is 9.35 Å². The van der Waals surface area contributed by atoms with Crippen molar-refractivity contribution in [3.05, 3.63) is 166 Å². The lowest BCUT2D eigenvalue weighted by Crippen LogP contribution is -2.44. The molecular weight excluding hydrogens is 859 g/mol. The van der Waals surface area contributed by atoms with Crippen molar-refractivity contribution >= 4 is 16.4 Å². The first-order chi connectivity index (χ1) is 31.4. The van der Waals surface area contributed by atoms with Gasteiger partial charge in [0.2, 0.25) is 0 Å². The number of hydrogen-bond donors (Lipinski definition) is 3. The molecule has 2 aliphatic heterocycles. The van der Waals surface area contributed by atoms with Crippen LogP contribution in [-0.2, 0) is 24.1 Å². The van der Waals surface area contributed by atoms with Crippen LogP contribution in [0, 0.1) is 16.7 Å². The molecule has 4 aliphatic rings. The Morgan fingerprint density at radius 1 is 0.806 bits per heavy atom. The molecule has 9 nitrogen and oxygen atoms in total. The third-order valence-electron chi connectivity index (χ3n) is 13.5. The van der Waals surface area contributed by atoms with Crippen LogP contribution in [0.4, 0.5) is 0 Å². The number of hydrogen-bond acceptors (Lipinski definition) is 8. The van der Waals surface area contributed by atoms with Crippen LogP contribution >= 0.6 is 0 Å². The van der Waals surface area contributed by atoms with Gasteiger partial charge in [0.1, 0.15) is 12.0 Å². The SMILES string of the molecule is CC1=C[C@H](O)CC(C)(C)[C@H]1/C=C/C(C)=C/C=C/C(C)=C/C=C/C=C(C)/C=C/C=C(C)/C=C/C1=C(C)C[C@@H](O)CC1(C)C.CN1[C@@H]2CC[C@H]1CC(OC(=O)C(COS(=O)(=O)O)c1ccccc1)C2. The van der Waals surface area contributed by atoms with Crippen LogP contribution in [0.5, 0.6) is 0 Å². The van der Waals surface area contributed by atoms with Crippen LogP contribution in [0.3, 0.4) is 0 Å². The third kappa shape index (κ3) is 18.2. The van der Waals surface area contributed by atoms with E-state index in [2.05, 4.69) is 170 Å². The average Bonchev–Trinajstić information content (AvgIpc) is 3.40. The van der Waals surface area contributed by atoms with E-state index in [1.165, 1.54) is 39.0 Å². The molecule has 0 radical (unpaired) electrons. The molecule has 0 saturated carbocycles. The van der Waals surface area contributed by atoms with E-state index < -0.39 is 28.9 Å². The Labute approximate surface area is 403 Å². The lowest BCUT2D eigenvalue weighted by Gasteiger charge is -2.38. The van der Waals surface area contributed by atoms with E-state index in [0.29, 0.717) is 23.6 Å². The van der Waals surface area contributed by atoms with Crippen molar-refractivity contribution in [2.24, 2.45) is 16.7 Å². The van der Waals surface area contributed by atoms with Crippen molar-refractivity contribution in [1.29, 1.82) is 0 Å². The van der Waals surface area contributed by atoms with Gasteiger partial charge in [0.25, 0.3) is 0 Å². The first-order valence-corrected chi connectivity index (χ1v) is 25.2. The molecule has 2 fully saturated rings. The van der Waals surface area contributed by atoms with Crippen LogP contribution in [0.1, 0.15) is 126 Å². The van der Waals surface area contributed by atoms with E-state index in [9.17, 15) is 23.4 Å². The van der Waals surface area contributed by atoms with Gasteiger partial charge in [-0.2, -0.15) is 8.42 Å². The number of aliphatic hydroxyl groups is 2. The molecule has 2 saturated heterocycles. The zero-order chi connectivity index (χ0) is 49.5. The minimum Gasteiger partial charge on any atom is -0.462 e. The Morgan fingerprint density at radius 3 is 1.88 bits per heavy atom. The molecule has 0 aromatic heterocycles. The molecule has 366 valence electrons. The number of fused-ring (bicyclic) bond motifs is 2. The Morgan fingerprint density at radius 2 is 1.34 bits per heavy atom. The van der Waals surface area contributed by atoms with Gasteiger partial charge in [0.05, 0.1) is 18.8 Å². The summed E-state index contributed by atoms with van der Waals surface area (Å²) in [5.41, 5.74) is 9.32. The number of benzene rings is 1. The van der Waals surface area contributed by atoms with E-state index in [0.717, 1.165) is 44.9 Å². The van der Waals surface area contributed by atoms with Crippen molar-refractivity contribution in [1.82, 2.24) is 4.90 Å². The molecular formula is C57H79NO8S. The van der Waals surface area contributed by atoms with E-state index in [-0.39, 0.29) is 29.1 Å². The minimum absolute atomic E-state index is 0.00528. The van der Waals surface area contributed by atoms with Crippen molar-refractivity contribution in [2.75, 3.05) is 13.7 Å². The summed E-state index contributed by atoms with van der Waals surface area (Å²) in [6.07, 6.45) is 37.4. The topological polar surface area (TPSA) is 134 Å². The maximum Gasteiger partial charge on any atom is 0.397 e. The van der Waals surface area contributed by atoms with E-state index >= 15 is 0 Å². The molecule has 67 heavy (non-hydrogen) atoms.